The number of aryl methyl sites for hydroxylation is 1. The van der Waals surface area contributed by atoms with E-state index in [4.69, 9.17) is 4.74 Å². The Morgan fingerprint density at radius 2 is 1.90 bits per heavy atom. The van der Waals surface area contributed by atoms with Crippen LogP contribution in [-0.4, -0.2) is 42.3 Å². The molecule has 4 heteroatoms. The minimum atomic E-state index is -0.0495. The first kappa shape index (κ1) is 16.0. The summed E-state index contributed by atoms with van der Waals surface area (Å²) in [5.41, 5.74) is 1.30. The van der Waals surface area contributed by atoms with E-state index < -0.39 is 0 Å². The van der Waals surface area contributed by atoms with Crippen LogP contribution in [0.5, 0.6) is 0 Å². The molecule has 1 aliphatic rings. The molecule has 1 aromatic heterocycles. The molecule has 3 nitrogen and oxygen atoms in total. The molecule has 0 aromatic carbocycles. The zero-order valence-corrected chi connectivity index (χ0v) is 14.3. The summed E-state index contributed by atoms with van der Waals surface area (Å²) in [6, 6.07) is 2.19. The van der Waals surface area contributed by atoms with Gasteiger partial charge in [-0.1, -0.05) is 0 Å². The lowest BCUT2D eigenvalue weighted by Crippen LogP contribution is -2.58. The summed E-state index contributed by atoms with van der Waals surface area (Å²) in [4.78, 5) is 3.96. The van der Waals surface area contributed by atoms with Crippen molar-refractivity contribution >= 4 is 11.3 Å². The molecule has 2 rings (SSSR count). The lowest BCUT2D eigenvalue weighted by molar-refractivity contribution is -0.180. The van der Waals surface area contributed by atoms with Gasteiger partial charge in [0.1, 0.15) is 0 Å². The Labute approximate surface area is 127 Å². The molecule has 1 aromatic rings. The molecule has 0 aliphatic carbocycles. The van der Waals surface area contributed by atoms with Crippen molar-refractivity contribution < 1.29 is 4.74 Å². The summed E-state index contributed by atoms with van der Waals surface area (Å²) in [5.74, 6) is 0. The number of hydrogen-bond acceptors (Lipinski definition) is 4. The first-order chi connectivity index (χ1) is 9.27. The lowest BCUT2D eigenvalue weighted by Gasteiger charge is -2.47. The Bertz CT molecular complexity index is 423. The first-order valence-corrected chi connectivity index (χ1v) is 8.32. The summed E-state index contributed by atoms with van der Waals surface area (Å²) in [7, 11) is 0. The standard InChI is InChI=1S/C16H28N2OS/c1-13-6-9-20-14(13)10-17-7-8-18-11-15(2,3)19-16(4,5)12-18/h6,9,17H,7-8,10-12H2,1-5H3. The van der Waals surface area contributed by atoms with E-state index in [0.717, 1.165) is 32.7 Å². The summed E-state index contributed by atoms with van der Waals surface area (Å²) >= 11 is 1.84. The molecular formula is C16H28N2OS. The maximum absolute atomic E-state index is 6.11. The molecule has 1 N–H and O–H groups in total. The van der Waals surface area contributed by atoms with Crippen molar-refractivity contribution in [2.24, 2.45) is 0 Å². The number of hydrogen-bond donors (Lipinski definition) is 1. The van der Waals surface area contributed by atoms with Crippen LogP contribution in [0.2, 0.25) is 0 Å². The van der Waals surface area contributed by atoms with Crippen LogP contribution in [-0.2, 0) is 11.3 Å². The SMILES string of the molecule is Cc1ccsc1CNCCN1CC(C)(C)OC(C)(C)C1. The third-order valence-corrected chi connectivity index (χ3v) is 4.64. The average Bonchev–Trinajstić information content (AvgIpc) is 2.66. The van der Waals surface area contributed by atoms with Crippen LogP contribution >= 0.6 is 11.3 Å². The van der Waals surface area contributed by atoms with Crippen molar-refractivity contribution in [2.45, 2.75) is 52.4 Å². The summed E-state index contributed by atoms with van der Waals surface area (Å²) in [6.45, 7) is 16.0. The zero-order valence-electron chi connectivity index (χ0n) is 13.5. The molecule has 0 spiro atoms. The van der Waals surface area contributed by atoms with Gasteiger partial charge in [-0.2, -0.15) is 0 Å². The van der Waals surface area contributed by atoms with Crippen molar-refractivity contribution in [3.63, 3.8) is 0 Å². The molecule has 0 bridgehead atoms. The molecular weight excluding hydrogens is 268 g/mol. The van der Waals surface area contributed by atoms with E-state index in [9.17, 15) is 0 Å². The van der Waals surface area contributed by atoms with Crippen LogP contribution in [0.3, 0.4) is 0 Å². The van der Waals surface area contributed by atoms with E-state index in [2.05, 4.69) is 56.3 Å². The molecule has 0 atom stereocenters. The van der Waals surface area contributed by atoms with Crippen LogP contribution in [0.15, 0.2) is 11.4 Å². The fourth-order valence-electron chi connectivity index (χ4n) is 3.13. The van der Waals surface area contributed by atoms with Gasteiger partial charge in [0, 0.05) is 37.6 Å². The van der Waals surface area contributed by atoms with Crippen molar-refractivity contribution in [2.75, 3.05) is 26.2 Å². The van der Waals surface area contributed by atoms with Crippen LogP contribution in [0.4, 0.5) is 0 Å². The molecule has 20 heavy (non-hydrogen) atoms. The average molecular weight is 296 g/mol. The second kappa shape index (κ2) is 6.14. The summed E-state index contributed by atoms with van der Waals surface area (Å²) < 4.78 is 6.11. The van der Waals surface area contributed by atoms with E-state index in [1.54, 1.807) is 0 Å². The zero-order chi connectivity index (χ0) is 14.8. The number of nitrogens with zero attached hydrogens (tertiary/aromatic N) is 1. The molecule has 2 heterocycles. The number of rotatable bonds is 5. The topological polar surface area (TPSA) is 24.5 Å². The highest BCUT2D eigenvalue weighted by Crippen LogP contribution is 2.27. The first-order valence-electron chi connectivity index (χ1n) is 7.44. The smallest absolute Gasteiger partial charge is 0.0760 e. The van der Waals surface area contributed by atoms with Gasteiger partial charge in [-0.25, -0.2) is 0 Å². The molecule has 0 saturated carbocycles. The monoisotopic (exact) mass is 296 g/mol. The molecule has 1 aliphatic heterocycles. The predicted octanol–water partition coefficient (Wildman–Crippen LogP) is 3.04. The van der Waals surface area contributed by atoms with E-state index in [1.165, 1.54) is 10.4 Å². The quantitative estimate of drug-likeness (QED) is 0.845. The highest BCUT2D eigenvalue weighted by molar-refractivity contribution is 7.10. The van der Waals surface area contributed by atoms with Gasteiger partial charge >= 0.3 is 0 Å². The van der Waals surface area contributed by atoms with Gasteiger partial charge in [-0.3, -0.25) is 4.90 Å². The Kier molecular flexibility index (Phi) is 4.90. The molecule has 0 unspecified atom stereocenters. The van der Waals surface area contributed by atoms with E-state index in [1.807, 2.05) is 11.3 Å². The molecule has 114 valence electrons. The van der Waals surface area contributed by atoms with Gasteiger partial charge in [0.25, 0.3) is 0 Å². The normalized spacial score (nSPS) is 22.1. The largest absolute Gasteiger partial charge is 0.367 e. The van der Waals surface area contributed by atoms with Crippen molar-refractivity contribution in [1.29, 1.82) is 0 Å². The third-order valence-electron chi connectivity index (χ3n) is 3.62. The Morgan fingerprint density at radius 3 is 2.45 bits per heavy atom. The second-order valence-electron chi connectivity index (χ2n) is 7.04. The second-order valence-corrected chi connectivity index (χ2v) is 8.04. The number of morpholine rings is 1. The summed E-state index contributed by atoms with van der Waals surface area (Å²) in [5, 5.41) is 5.72. The van der Waals surface area contributed by atoms with E-state index in [0.29, 0.717) is 0 Å². The van der Waals surface area contributed by atoms with Gasteiger partial charge in [-0.15, -0.1) is 11.3 Å². The van der Waals surface area contributed by atoms with E-state index >= 15 is 0 Å². The lowest BCUT2D eigenvalue weighted by atomic mass is 9.99. The fourth-order valence-corrected chi connectivity index (χ4v) is 4.00. The van der Waals surface area contributed by atoms with Crippen molar-refractivity contribution in [3.05, 3.63) is 21.9 Å². The van der Waals surface area contributed by atoms with Gasteiger partial charge in [0.2, 0.25) is 0 Å². The maximum atomic E-state index is 6.11. The van der Waals surface area contributed by atoms with Crippen LogP contribution in [0.1, 0.15) is 38.1 Å². The van der Waals surface area contributed by atoms with Crippen LogP contribution in [0, 0.1) is 6.92 Å². The van der Waals surface area contributed by atoms with Gasteiger partial charge in [-0.05, 0) is 51.6 Å². The number of thiophene rings is 1. The highest BCUT2D eigenvalue weighted by Gasteiger charge is 2.37. The fraction of sp³-hybridized carbons (Fsp3) is 0.750. The van der Waals surface area contributed by atoms with Gasteiger partial charge in [0.05, 0.1) is 11.2 Å². The molecule has 1 saturated heterocycles. The predicted molar refractivity (Wildman–Crippen MR) is 86.4 cm³/mol. The van der Waals surface area contributed by atoms with Crippen LogP contribution in [0.25, 0.3) is 0 Å². The minimum Gasteiger partial charge on any atom is -0.367 e. The van der Waals surface area contributed by atoms with Gasteiger partial charge in [0.15, 0.2) is 0 Å². The van der Waals surface area contributed by atoms with Crippen LogP contribution < -0.4 is 5.32 Å². The van der Waals surface area contributed by atoms with Crippen molar-refractivity contribution in [1.82, 2.24) is 10.2 Å². The maximum Gasteiger partial charge on any atom is 0.0760 e. The Morgan fingerprint density at radius 1 is 1.25 bits per heavy atom. The Hall–Kier alpha value is -0.420. The minimum absolute atomic E-state index is 0.0495. The number of ether oxygens (including phenoxy) is 1. The van der Waals surface area contributed by atoms with Crippen molar-refractivity contribution in [3.8, 4) is 0 Å². The number of nitrogens with one attached hydrogen (secondary N) is 1. The molecule has 0 amide bonds. The molecule has 0 radical (unpaired) electrons. The van der Waals surface area contributed by atoms with Gasteiger partial charge < -0.3 is 10.1 Å². The highest BCUT2D eigenvalue weighted by atomic mass is 32.1. The molecule has 1 fully saturated rings. The Balaban J connectivity index is 1.75. The third kappa shape index (κ3) is 4.55. The van der Waals surface area contributed by atoms with E-state index in [-0.39, 0.29) is 11.2 Å². The summed E-state index contributed by atoms with van der Waals surface area (Å²) in [6.07, 6.45) is 0.